The van der Waals surface area contributed by atoms with E-state index in [1.165, 1.54) is 11.1 Å². The molecule has 1 unspecified atom stereocenters. The first kappa shape index (κ1) is 11.7. The van der Waals surface area contributed by atoms with Crippen LogP contribution in [0.2, 0.25) is 0 Å². The van der Waals surface area contributed by atoms with Crippen molar-refractivity contribution in [2.45, 2.75) is 25.9 Å². The van der Waals surface area contributed by atoms with Gasteiger partial charge in [-0.1, -0.05) is 55.5 Å². The van der Waals surface area contributed by atoms with Crippen molar-refractivity contribution in [3.05, 3.63) is 54.1 Å². The molecule has 0 radical (unpaired) electrons. The number of benzene rings is 1. The summed E-state index contributed by atoms with van der Waals surface area (Å²) in [5.74, 6) is 0.388. The van der Waals surface area contributed by atoms with E-state index in [0.717, 1.165) is 6.42 Å². The number of hydrogen-bond acceptors (Lipinski definition) is 1. The molecule has 94 valence electrons. The van der Waals surface area contributed by atoms with E-state index < -0.39 is 0 Å². The van der Waals surface area contributed by atoms with Gasteiger partial charge < -0.3 is 4.74 Å². The molecular weight excluding hydrogens is 220 g/mol. The zero-order valence-electron chi connectivity index (χ0n) is 11.3. The molecule has 0 saturated carbocycles. The molecule has 2 bridgehead atoms. The minimum absolute atomic E-state index is 0.0538. The quantitative estimate of drug-likeness (QED) is 0.708. The molecule has 0 heterocycles. The van der Waals surface area contributed by atoms with Crippen molar-refractivity contribution in [1.82, 2.24) is 0 Å². The third-order valence-electron chi connectivity index (χ3n) is 4.61. The van der Waals surface area contributed by atoms with E-state index in [9.17, 15) is 0 Å². The zero-order valence-corrected chi connectivity index (χ0v) is 11.3. The molecule has 1 nitrogen and oxygen atoms in total. The predicted molar refractivity (Wildman–Crippen MR) is 75.2 cm³/mol. The van der Waals surface area contributed by atoms with Crippen LogP contribution in [0.1, 0.15) is 25.8 Å². The van der Waals surface area contributed by atoms with Gasteiger partial charge in [0.2, 0.25) is 0 Å². The molecule has 1 aromatic carbocycles. The van der Waals surface area contributed by atoms with Crippen molar-refractivity contribution >= 4 is 5.57 Å². The van der Waals surface area contributed by atoms with Crippen LogP contribution in [0.25, 0.3) is 5.57 Å². The smallest absolute Gasteiger partial charge is 0.0759 e. The topological polar surface area (TPSA) is 9.23 Å². The van der Waals surface area contributed by atoms with Crippen LogP contribution in [-0.2, 0) is 4.74 Å². The van der Waals surface area contributed by atoms with Gasteiger partial charge >= 0.3 is 0 Å². The van der Waals surface area contributed by atoms with E-state index in [4.69, 9.17) is 4.74 Å². The highest BCUT2D eigenvalue weighted by Crippen LogP contribution is 2.54. The fraction of sp³-hybridized carbons (Fsp3) is 0.412. The number of methoxy groups -OCH3 is 1. The molecule has 3 atom stereocenters. The van der Waals surface area contributed by atoms with E-state index in [2.05, 4.69) is 62.4 Å². The SMILES string of the molecule is COC1(C)C[C@@]2(C)C=C[C@@H]1C=C2c1ccccc1. The monoisotopic (exact) mass is 240 g/mol. The molecular formula is C17H20O. The Hall–Kier alpha value is -1.34. The molecule has 3 aliphatic carbocycles. The Morgan fingerprint density at radius 2 is 1.89 bits per heavy atom. The van der Waals surface area contributed by atoms with Gasteiger partial charge in [-0.15, -0.1) is 0 Å². The second-order valence-electron chi connectivity index (χ2n) is 5.94. The summed E-state index contributed by atoms with van der Waals surface area (Å²) in [6.07, 6.45) is 8.11. The lowest BCUT2D eigenvalue weighted by molar-refractivity contribution is -0.0461. The van der Waals surface area contributed by atoms with Gasteiger partial charge in [0.15, 0.2) is 0 Å². The zero-order chi connectivity index (χ0) is 12.8. The molecule has 3 aliphatic rings. The summed E-state index contributed by atoms with van der Waals surface area (Å²) in [5, 5.41) is 0. The second-order valence-corrected chi connectivity index (χ2v) is 5.94. The third-order valence-corrected chi connectivity index (χ3v) is 4.61. The van der Waals surface area contributed by atoms with Crippen LogP contribution in [0.5, 0.6) is 0 Å². The Morgan fingerprint density at radius 3 is 2.50 bits per heavy atom. The van der Waals surface area contributed by atoms with E-state index >= 15 is 0 Å². The van der Waals surface area contributed by atoms with Crippen LogP contribution in [0.15, 0.2) is 48.6 Å². The van der Waals surface area contributed by atoms with Crippen molar-refractivity contribution in [3.63, 3.8) is 0 Å². The highest BCUT2D eigenvalue weighted by atomic mass is 16.5. The highest BCUT2D eigenvalue weighted by Gasteiger charge is 2.48. The molecule has 1 aromatic rings. The van der Waals surface area contributed by atoms with Crippen LogP contribution in [-0.4, -0.2) is 12.7 Å². The lowest BCUT2D eigenvalue weighted by Crippen LogP contribution is -2.46. The largest absolute Gasteiger partial charge is 0.378 e. The summed E-state index contributed by atoms with van der Waals surface area (Å²) >= 11 is 0. The Bertz CT molecular complexity index is 514. The van der Waals surface area contributed by atoms with Gasteiger partial charge in [-0.2, -0.15) is 0 Å². The van der Waals surface area contributed by atoms with Gasteiger partial charge in [0.25, 0.3) is 0 Å². The van der Waals surface area contributed by atoms with Gasteiger partial charge in [-0.3, -0.25) is 0 Å². The Labute approximate surface area is 109 Å². The molecule has 4 rings (SSSR count). The Balaban J connectivity index is 2.08. The highest BCUT2D eigenvalue weighted by molar-refractivity contribution is 5.75. The maximum Gasteiger partial charge on any atom is 0.0759 e. The molecule has 0 saturated heterocycles. The van der Waals surface area contributed by atoms with Crippen molar-refractivity contribution in [2.75, 3.05) is 7.11 Å². The maximum absolute atomic E-state index is 5.77. The van der Waals surface area contributed by atoms with Crippen LogP contribution < -0.4 is 0 Å². The fourth-order valence-electron chi connectivity index (χ4n) is 3.46. The van der Waals surface area contributed by atoms with Gasteiger partial charge in [0.05, 0.1) is 5.60 Å². The minimum atomic E-state index is -0.0538. The van der Waals surface area contributed by atoms with Crippen molar-refractivity contribution in [2.24, 2.45) is 11.3 Å². The average molecular weight is 240 g/mol. The van der Waals surface area contributed by atoms with Crippen molar-refractivity contribution < 1.29 is 4.74 Å². The molecule has 0 amide bonds. The van der Waals surface area contributed by atoms with E-state index in [-0.39, 0.29) is 11.0 Å². The number of fused-ring (bicyclic) bond motifs is 1. The van der Waals surface area contributed by atoms with E-state index in [1.807, 2.05) is 7.11 Å². The average Bonchev–Trinajstić information content (AvgIpc) is 2.39. The standard InChI is InChI=1S/C17H20O/c1-16-10-9-14(17(2,12-16)18-3)11-15(16)13-7-5-4-6-8-13/h4-11,14H,12H2,1-3H3/t14-,16-,17?/m1/s1. The van der Waals surface area contributed by atoms with E-state index in [1.54, 1.807) is 0 Å². The van der Waals surface area contributed by atoms with Crippen LogP contribution >= 0.6 is 0 Å². The fourth-order valence-corrected chi connectivity index (χ4v) is 3.46. The molecule has 1 heteroatoms. The Kier molecular flexibility index (Phi) is 2.49. The van der Waals surface area contributed by atoms with E-state index in [0.29, 0.717) is 5.92 Å². The number of rotatable bonds is 2. The summed E-state index contributed by atoms with van der Waals surface area (Å²) in [4.78, 5) is 0. The minimum Gasteiger partial charge on any atom is -0.378 e. The number of ether oxygens (including phenoxy) is 1. The number of allylic oxidation sites excluding steroid dienone is 2. The lowest BCUT2D eigenvalue weighted by atomic mass is 9.59. The molecule has 0 aliphatic heterocycles. The van der Waals surface area contributed by atoms with Gasteiger partial charge in [-0.25, -0.2) is 0 Å². The molecule has 0 aromatic heterocycles. The predicted octanol–water partition coefficient (Wildman–Crippen LogP) is 4.07. The third kappa shape index (κ3) is 1.58. The lowest BCUT2D eigenvalue weighted by Gasteiger charge is -2.50. The van der Waals surface area contributed by atoms with Crippen LogP contribution in [0.4, 0.5) is 0 Å². The molecule has 0 spiro atoms. The van der Waals surface area contributed by atoms with Gasteiger partial charge in [-0.05, 0) is 24.5 Å². The first-order chi connectivity index (χ1) is 8.57. The van der Waals surface area contributed by atoms with Crippen LogP contribution in [0.3, 0.4) is 0 Å². The summed E-state index contributed by atoms with van der Waals surface area (Å²) in [6.45, 7) is 4.53. The normalized spacial score (nSPS) is 37.7. The van der Waals surface area contributed by atoms with Gasteiger partial charge in [0, 0.05) is 18.4 Å². The molecule has 18 heavy (non-hydrogen) atoms. The second kappa shape index (κ2) is 3.83. The Morgan fingerprint density at radius 1 is 1.17 bits per heavy atom. The summed E-state index contributed by atoms with van der Waals surface area (Å²) in [5.41, 5.74) is 2.83. The van der Waals surface area contributed by atoms with Crippen LogP contribution in [0, 0.1) is 11.3 Å². The maximum atomic E-state index is 5.77. The summed E-state index contributed by atoms with van der Waals surface area (Å²) in [7, 11) is 1.83. The summed E-state index contributed by atoms with van der Waals surface area (Å²) < 4.78 is 5.77. The first-order valence-electron chi connectivity index (χ1n) is 6.60. The number of hydrogen-bond donors (Lipinski definition) is 0. The van der Waals surface area contributed by atoms with Crippen molar-refractivity contribution in [3.8, 4) is 0 Å². The molecule has 0 N–H and O–H groups in total. The van der Waals surface area contributed by atoms with Gasteiger partial charge in [0.1, 0.15) is 0 Å². The first-order valence-corrected chi connectivity index (χ1v) is 6.60. The van der Waals surface area contributed by atoms with Crippen molar-refractivity contribution in [1.29, 1.82) is 0 Å². The summed E-state index contributed by atoms with van der Waals surface area (Å²) in [6, 6.07) is 10.7. The molecule has 0 fully saturated rings.